The Morgan fingerprint density at radius 3 is 2.94 bits per heavy atom. The summed E-state index contributed by atoms with van der Waals surface area (Å²) >= 11 is 11.8. The van der Waals surface area contributed by atoms with Crippen molar-refractivity contribution < 1.29 is 9.53 Å². The zero-order chi connectivity index (χ0) is 11.5. The average Bonchev–Trinajstić information content (AvgIpc) is 2.28. The highest BCUT2D eigenvalue weighted by Crippen LogP contribution is 2.26. The van der Waals surface area contributed by atoms with Gasteiger partial charge in [0, 0.05) is 22.2 Å². The molecule has 1 heterocycles. The zero-order valence-corrected chi connectivity index (χ0v) is 9.63. The molecule has 0 aliphatic heterocycles. The quantitative estimate of drug-likeness (QED) is 0.791. The normalized spacial score (nSPS) is 10.4. The molecule has 0 bridgehead atoms. The fourth-order valence-electron chi connectivity index (χ4n) is 1.47. The number of aromatic nitrogens is 1. The van der Waals surface area contributed by atoms with Crippen molar-refractivity contribution >= 4 is 40.6 Å². The molecule has 1 aromatic heterocycles. The lowest BCUT2D eigenvalue weighted by molar-refractivity contribution is -0.129. The summed E-state index contributed by atoms with van der Waals surface area (Å²) in [6.45, 7) is 0.486. The van der Waals surface area contributed by atoms with Crippen LogP contribution >= 0.6 is 23.2 Å². The number of fused-ring (bicyclic) bond motifs is 1. The third kappa shape index (κ3) is 2.10. The Bertz CT molecular complexity index is 543. The van der Waals surface area contributed by atoms with E-state index < -0.39 is 0 Å². The highest BCUT2D eigenvalue weighted by Gasteiger charge is 2.08. The smallest absolute Gasteiger partial charge is 0.293 e. The van der Waals surface area contributed by atoms with Crippen molar-refractivity contribution in [2.75, 3.05) is 0 Å². The Balaban J connectivity index is 2.59. The highest BCUT2D eigenvalue weighted by molar-refractivity contribution is 6.33. The number of hydrogen-bond donors (Lipinski definition) is 0. The molecule has 1 aromatic carbocycles. The summed E-state index contributed by atoms with van der Waals surface area (Å²) in [7, 11) is 0. The molecule has 0 radical (unpaired) electrons. The van der Waals surface area contributed by atoms with Crippen LogP contribution in [0.3, 0.4) is 0 Å². The first kappa shape index (κ1) is 11.2. The third-order valence-electron chi connectivity index (χ3n) is 2.16. The van der Waals surface area contributed by atoms with Crippen LogP contribution in [0.4, 0.5) is 0 Å². The molecule has 0 aliphatic carbocycles. The van der Waals surface area contributed by atoms with Gasteiger partial charge in [0.1, 0.15) is 6.61 Å². The molecule has 0 saturated heterocycles. The van der Waals surface area contributed by atoms with E-state index in [1.807, 2.05) is 6.07 Å². The van der Waals surface area contributed by atoms with E-state index in [2.05, 4.69) is 4.98 Å². The van der Waals surface area contributed by atoms with Crippen molar-refractivity contribution in [2.24, 2.45) is 0 Å². The second-order valence-corrected chi connectivity index (χ2v) is 4.00. The predicted octanol–water partition coefficient (Wildman–Crippen LogP) is 3.21. The van der Waals surface area contributed by atoms with Crippen LogP contribution in [0.1, 0.15) is 5.56 Å². The maximum Gasteiger partial charge on any atom is 0.293 e. The highest BCUT2D eigenvalue weighted by atomic mass is 35.5. The Morgan fingerprint density at radius 2 is 2.19 bits per heavy atom. The van der Waals surface area contributed by atoms with Gasteiger partial charge in [-0.3, -0.25) is 9.78 Å². The summed E-state index contributed by atoms with van der Waals surface area (Å²) in [5, 5.41) is 1.93. The van der Waals surface area contributed by atoms with Crippen molar-refractivity contribution in [3.05, 3.63) is 40.0 Å². The van der Waals surface area contributed by atoms with Gasteiger partial charge in [-0.15, -0.1) is 0 Å². The van der Waals surface area contributed by atoms with Gasteiger partial charge >= 0.3 is 0 Å². The molecule has 0 fully saturated rings. The number of nitrogens with zero attached hydrogens (tertiary/aromatic N) is 1. The monoisotopic (exact) mass is 255 g/mol. The van der Waals surface area contributed by atoms with Crippen LogP contribution in [-0.4, -0.2) is 11.5 Å². The number of halogens is 2. The zero-order valence-electron chi connectivity index (χ0n) is 8.11. The molecular weight excluding hydrogens is 249 g/mol. The van der Waals surface area contributed by atoms with Gasteiger partial charge in [0.2, 0.25) is 0 Å². The fraction of sp³-hybridized carbons (Fsp3) is 0.0909. The van der Waals surface area contributed by atoms with Crippen LogP contribution in [0.15, 0.2) is 24.4 Å². The van der Waals surface area contributed by atoms with E-state index in [1.54, 1.807) is 12.1 Å². The molecule has 3 nitrogen and oxygen atoms in total. The summed E-state index contributed by atoms with van der Waals surface area (Å²) in [5.41, 5.74) is 1.38. The van der Waals surface area contributed by atoms with Gasteiger partial charge in [0.05, 0.1) is 10.5 Å². The Morgan fingerprint density at radius 1 is 1.38 bits per heavy atom. The van der Waals surface area contributed by atoms with Crippen molar-refractivity contribution in [3.8, 4) is 0 Å². The van der Waals surface area contributed by atoms with Crippen molar-refractivity contribution in [1.29, 1.82) is 0 Å². The molecule has 0 unspecified atom stereocenters. The van der Waals surface area contributed by atoms with Crippen LogP contribution < -0.4 is 0 Å². The molecule has 0 aliphatic rings. The number of benzene rings is 1. The molecule has 16 heavy (non-hydrogen) atoms. The minimum absolute atomic E-state index is 0.105. The second kappa shape index (κ2) is 4.68. The molecule has 0 atom stereocenters. The molecule has 2 rings (SSSR count). The summed E-state index contributed by atoms with van der Waals surface area (Å²) in [6.07, 6.45) is 1.53. The van der Waals surface area contributed by atoms with Gasteiger partial charge < -0.3 is 4.74 Å². The van der Waals surface area contributed by atoms with Crippen molar-refractivity contribution in [3.63, 3.8) is 0 Å². The number of hydrogen-bond acceptors (Lipinski definition) is 3. The molecule has 0 N–H and O–H groups in total. The van der Waals surface area contributed by atoms with Crippen LogP contribution in [0.25, 0.3) is 10.9 Å². The standard InChI is InChI=1S/C11H7Cl2NO2/c12-8-3-7-1-2-10(13)9(5-16-6-15)11(7)14-4-8/h1-4,6H,5H2. The Hall–Kier alpha value is -1.32. The van der Waals surface area contributed by atoms with E-state index in [4.69, 9.17) is 27.9 Å². The first-order chi connectivity index (χ1) is 7.72. The molecule has 0 amide bonds. The lowest BCUT2D eigenvalue weighted by Crippen LogP contribution is -1.94. The number of rotatable bonds is 3. The van der Waals surface area contributed by atoms with Crippen LogP contribution in [0, 0.1) is 0 Å². The van der Waals surface area contributed by atoms with Crippen LogP contribution in [-0.2, 0) is 16.1 Å². The van der Waals surface area contributed by atoms with Gasteiger partial charge in [-0.2, -0.15) is 0 Å². The molecule has 5 heteroatoms. The molecular formula is C11H7Cl2NO2. The maximum atomic E-state index is 10.2. The third-order valence-corrected chi connectivity index (χ3v) is 2.72. The Labute approximate surface area is 102 Å². The maximum absolute atomic E-state index is 10.2. The fourth-order valence-corrected chi connectivity index (χ4v) is 1.84. The second-order valence-electron chi connectivity index (χ2n) is 3.16. The number of pyridine rings is 1. The number of carbonyl (C=O) groups is 1. The summed E-state index contributed by atoms with van der Waals surface area (Å²) < 4.78 is 4.70. The van der Waals surface area contributed by atoms with E-state index in [0.29, 0.717) is 27.6 Å². The van der Waals surface area contributed by atoms with Crippen LogP contribution in [0.2, 0.25) is 10.0 Å². The van der Waals surface area contributed by atoms with E-state index >= 15 is 0 Å². The van der Waals surface area contributed by atoms with Gasteiger partial charge in [-0.1, -0.05) is 29.3 Å². The van der Waals surface area contributed by atoms with Crippen LogP contribution in [0.5, 0.6) is 0 Å². The van der Waals surface area contributed by atoms with Gasteiger partial charge in [-0.25, -0.2) is 0 Å². The summed E-state index contributed by atoms with van der Waals surface area (Å²) in [6, 6.07) is 5.33. The van der Waals surface area contributed by atoms with Gasteiger partial charge in [0.25, 0.3) is 6.47 Å². The summed E-state index contributed by atoms with van der Waals surface area (Å²) in [5.74, 6) is 0. The molecule has 0 spiro atoms. The average molecular weight is 256 g/mol. The predicted molar refractivity (Wildman–Crippen MR) is 62.6 cm³/mol. The lowest BCUT2D eigenvalue weighted by Gasteiger charge is -2.07. The summed E-state index contributed by atoms with van der Waals surface area (Å²) in [4.78, 5) is 14.4. The Kier molecular flexibility index (Phi) is 3.27. The topological polar surface area (TPSA) is 39.2 Å². The minimum Gasteiger partial charge on any atom is -0.463 e. The van der Waals surface area contributed by atoms with E-state index in [9.17, 15) is 4.79 Å². The molecule has 0 saturated carbocycles. The van der Waals surface area contributed by atoms with E-state index in [1.165, 1.54) is 6.20 Å². The first-order valence-corrected chi connectivity index (χ1v) is 5.26. The number of carbonyl (C=O) groups excluding carboxylic acids is 1. The minimum atomic E-state index is 0.105. The van der Waals surface area contributed by atoms with Crippen molar-refractivity contribution in [2.45, 2.75) is 6.61 Å². The SMILES string of the molecule is O=COCc1c(Cl)ccc2cc(Cl)cnc12. The molecule has 82 valence electrons. The van der Waals surface area contributed by atoms with Gasteiger partial charge in [-0.05, 0) is 12.1 Å². The van der Waals surface area contributed by atoms with E-state index in [0.717, 1.165) is 5.39 Å². The molecule has 2 aromatic rings. The number of ether oxygens (including phenoxy) is 1. The lowest BCUT2D eigenvalue weighted by atomic mass is 10.1. The largest absolute Gasteiger partial charge is 0.463 e. The van der Waals surface area contributed by atoms with E-state index in [-0.39, 0.29) is 6.61 Å². The first-order valence-electron chi connectivity index (χ1n) is 4.50. The van der Waals surface area contributed by atoms with Crippen molar-refractivity contribution in [1.82, 2.24) is 4.98 Å². The van der Waals surface area contributed by atoms with Gasteiger partial charge in [0.15, 0.2) is 0 Å².